The minimum atomic E-state index is -0.431. The van der Waals surface area contributed by atoms with E-state index < -0.39 is 5.54 Å². The van der Waals surface area contributed by atoms with Gasteiger partial charge in [0.25, 0.3) is 5.56 Å². The molecule has 0 aliphatic carbocycles. The van der Waals surface area contributed by atoms with E-state index in [1.807, 2.05) is 36.4 Å². The van der Waals surface area contributed by atoms with Gasteiger partial charge in [-0.25, -0.2) is 0 Å². The van der Waals surface area contributed by atoms with Gasteiger partial charge < -0.3 is 15.3 Å². The molecule has 3 N–H and O–H groups in total. The largest absolute Gasteiger partial charge is 0.350 e. The van der Waals surface area contributed by atoms with Crippen LogP contribution in [0, 0.1) is 0 Å². The van der Waals surface area contributed by atoms with Crippen molar-refractivity contribution in [1.29, 1.82) is 0 Å². The number of H-pyrrole nitrogens is 1. The highest BCUT2D eigenvalue weighted by Crippen LogP contribution is 2.33. The molecular formula is C21H22Br2ClN3O. The highest BCUT2D eigenvalue weighted by atomic mass is 79.9. The Balaban J connectivity index is 0.00000225. The van der Waals surface area contributed by atoms with Gasteiger partial charge >= 0.3 is 0 Å². The monoisotopic (exact) mass is 525 g/mol. The van der Waals surface area contributed by atoms with Gasteiger partial charge in [-0.05, 0) is 49.2 Å². The Hall–Kier alpha value is -1.34. The maximum Gasteiger partial charge on any atom is 0.275 e. The Bertz CT molecular complexity index is 1240. The molecule has 0 saturated heterocycles. The summed E-state index contributed by atoms with van der Waals surface area (Å²) in [5.41, 5.74) is 8.44. The number of hydrogen-bond donors (Lipinski definition) is 2. The number of hydrogen-bond acceptors (Lipinski definition) is 2. The molecule has 0 radical (unpaired) electrons. The van der Waals surface area contributed by atoms with Crippen LogP contribution in [0.3, 0.4) is 0 Å². The summed E-state index contributed by atoms with van der Waals surface area (Å²) in [6.45, 7) is 4.59. The third-order valence-corrected chi connectivity index (χ3v) is 6.35. The molecule has 4 nitrogen and oxygen atoms in total. The van der Waals surface area contributed by atoms with E-state index in [2.05, 4.69) is 34.8 Å². The molecule has 0 atom stereocenters. The van der Waals surface area contributed by atoms with Crippen molar-refractivity contribution in [3.05, 3.63) is 56.2 Å². The molecule has 7 heteroatoms. The number of nitrogens with two attached hydrogens (primary N) is 1. The maximum absolute atomic E-state index is 13.4. The first-order chi connectivity index (χ1) is 12.9. The average Bonchev–Trinajstić information content (AvgIpc) is 3.04. The van der Waals surface area contributed by atoms with Crippen LogP contribution < -0.4 is 11.3 Å². The van der Waals surface area contributed by atoms with Gasteiger partial charge in [-0.1, -0.05) is 41.4 Å². The van der Waals surface area contributed by atoms with E-state index in [0.717, 1.165) is 44.5 Å². The van der Waals surface area contributed by atoms with Gasteiger partial charge in [-0.2, -0.15) is 0 Å². The first-order valence-corrected chi connectivity index (χ1v) is 10.3. The van der Waals surface area contributed by atoms with E-state index in [9.17, 15) is 4.79 Å². The van der Waals surface area contributed by atoms with Crippen molar-refractivity contribution >= 4 is 77.2 Å². The SMILES string of the molecule is Br.CCC(N)(CC)Cn1c(=O)c2[nH]c3ccc(Br)cc3c2c2cc(Cl)ccc21. The fraction of sp³-hybridized carbons (Fsp3) is 0.286. The first-order valence-electron chi connectivity index (χ1n) is 9.09. The number of aromatic nitrogens is 2. The van der Waals surface area contributed by atoms with E-state index in [4.69, 9.17) is 17.3 Å². The van der Waals surface area contributed by atoms with E-state index in [-0.39, 0.29) is 22.5 Å². The summed E-state index contributed by atoms with van der Waals surface area (Å²) in [7, 11) is 0. The quantitative estimate of drug-likeness (QED) is 0.335. The number of rotatable bonds is 4. The number of benzene rings is 2. The van der Waals surface area contributed by atoms with Crippen LogP contribution in [-0.4, -0.2) is 15.1 Å². The number of nitrogens with zero attached hydrogens (tertiary/aromatic N) is 1. The molecule has 0 aliphatic rings. The van der Waals surface area contributed by atoms with Gasteiger partial charge in [-0.15, -0.1) is 17.0 Å². The molecule has 0 fully saturated rings. The maximum atomic E-state index is 13.4. The molecule has 148 valence electrons. The van der Waals surface area contributed by atoms with E-state index >= 15 is 0 Å². The van der Waals surface area contributed by atoms with Crippen LogP contribution in [-0.2, 0) is 6.54 Å². The molecule has 2 aromatic carbocycles. The summed E-state index contributed by atoms with van der Waals surface area (Å²) in [5, 5.41) is 3.50. The van der Waals surface area contributed by atoms with E-state index in [0.29, 0.717) is 17.1 Å². The molecule has 0 saturated carbocycles. The fourth-order valence-electron chi connectivity index (χ4n) is 3.74. The number of pyridine rings is 1. The molecule has 2 heterocycles. The van der Waals surface area contributed by atoms with Crippen molar-refractivity contribution in [2.45, 2.75) is 38.8 Å². The molecule has 0 unspecified atom stereocenters. The summed E-state index contributed by atoms with van der Waals surface area (Å²) >= 11 is 9.85. The molecular weight excluding hydrogens is 506 g/mol. The van der Waals surface area contributed by atoms with Gasteiger partial charge in [0, 0.05) is 43.3 Å². The lowest BCUT2D eigenvalue weighted by atomic mass is 9.93. The number of aromatic amines is 1. The zero-order valence-electron chi connectivity index (χ0n) is 15.7. The van der Waals surface area contributed by atoms with Crippen molar-refractivity contribution in [1.82, 2.24) is 9.55 Å². The Kier molecular flexibility index (Phi) is 5.97. The molecule has 4 aromatic rings. The second-order valence-electron chi connectivity index (χ2n) is 7.19. The minimum absolute atomic E-state index is 0. The van der Waals surface area contributed by atoms with Crippen LogP contribution >= 0.6 is 44.5 Å². The van der Waals surface area contributed by atoms with Gasteiger partial charge in [0.1, 0.15) is 5.52 Å². The Morgan fingerprint density at radius 1 is 1.14 bits per heavy atom. The van der Waals surface area contributed by atoms with E-state index in [1.54, 1.807) is 4.57 Å². The Morgan fingerprint density at radius 3 is 2.54 bits per heavy atom. The Morgan fingerprint density at radius 2 is 1.86 bits per heavy atom. The third kappa shape index (κ3) is 3.41. The van der Waals surface area contributed by atoms with Crippen LogP contribution in [0.25, 0.3) is 32.7 Å². The standard InChI is InChI=1S/C21H21BrClN3O.BrH/c1-3-21(24,4-2)11-26-17-8-6-13(23)10-15(17)18-14-9-12(22)5-7-16(14)25-19(18)20(26)27;/h5-10,25H,3-4,11,24H2,1-2H3;1H. The lowest BCUT2D eigenvalue weighted by Crippen LogP contribution is -2.45. The molecule has 0 spiro atoms. The second-order valence-corrected chi connectivity index (χ2v) is 8.54. The summed E-state index contributed by atoms with van der Waals surface area (Å²) in [4.78, 5) is 16.7. The topological polar surface area (TPSA) is 63.8 Å². The third-order valence-electron chi connectivity index (χ3n) is 5.62. The van der Waals surface area contributed by atoms with Gasteiger partial charge in [0.05, 0.1) is 5.52 Å². The molecule has 0 amide bonds. The van der Waals surface area contributed by atoms with Crippen LogP contribution in [0.4, 0.5) is 0 Å². The highest BCUT2D eigenvalue weighted by Gasteiger charge is 2.24. The second kappa shape index (κ2) is 7.82. The molecule has 0 aliphatic heterocycles. The smallest absolute Gasteiger partial charge is 0.275 e. The van der Waals surface area contributed by atoms with Crippen LogP contribution in [0.15, 0.2) is 45.7 Å². The van der Waals surface area contributed by atoms with Gasteiger partial charge in [0.15, 0.2) is 0 Å². The van der Waals surface area contributed by atoms with Gasteiger partial charge in [0.2, 0.25) is 0 Å². The first kappa shape index (κ1) is 21.4. The number of halogens is 3. The molecule has 2 aromatic heterocycles. The Labute approximate surface area is 186 Å². The molecule has 4 rings (SSSR count). The summed E-state index contributed by atoms with van der Waals surface area (Å²) in [6.07, 6.45) is 1.59. The van der Waals surface area contributed by atoms with Crippen molar-refractivity contribution < 1.29 is 0 Å². The van der Waals surface area contributed by atoms with E-state index in [1.165, 1.54) is 0 Å². The molecule has 0 bridgehead atoms. The number of nitrogens with one attached hydrogen (secondary N) is 1. The lowest BCUT2D eigenvalue weighted by molar-refractivity contribution is 0.340. The summed E-state index contributed by atoms with van der Waals surface area (Å²) in [5.74, 6) is 0. The zero-order chi connectivity index (χ0) is 19.3. The predicted molar refractivity (Wildman–Crippen MR) is 128 cm³/mol. The van der Waals surface area contributed by atoms with Crippen LogP contribution in [0.1, 0.15) is 26.7 Å². The summed E-state index contributed by atoms with van der Waals surface area (Å²) < 4.78 is 2.76. The summed E-state index contributed by atoms with van der Waals surface area (Å²) in [6, 6.07) is 11.6. The van der Waals surface area contributed by atoms with Crippen molar-refractivity contribution in [3.63, 3.8) is 0 Å². The normalized spacial score (nSPS) is 12.0. The van der Waals surface area contributed by atoms with Gasteiger partial charge in [-0.3, -0.25) is 4.79 Å². The van der Waals surface area contributed by atoms with Crippen molar-refractivity contribution in [3.8, 4) is 0 Å². The molecule has 28 heavy (non-hydrogen) atoms. The van der Waals surface area contributed by atoms with Crippen LogP contribution in [0.2, 0.25) is 5.02 Å². The zero-order valence-corrected chi connectivity index (χ0v) is 19.7. The van der Waals surface area contributed by atoms with Crippen molar-refractivity contribution in [2.75, 3.05) is 0 Å². The average molecular weight is 528 g/mol. The van der Waals surface area contributed by atoms with Crippen LogP contribution in [0.5, 0.6) is 0 Å². The fourth-order valence-corrected chi connectivity index (χ4v) is 4.27. The predicted octanol–water partition coefficient (Wildman–Crippen LogP) is 6.15. The highest BCUT2D eigenvalue weighted by molar-refractivity contribution is 9.10. The number of fused-ring (bicyclic) bond motifs is 5. The van der Waals surface area contributed by atoms with Crippen molar-refractivity contribution in [2.24, 2.45) is 5.73 Å². The minimum Gasteiger partial charge on any atom is -0.350 e. The lowest BCUT2D eigenvalue weighted by Gasteiger charge is -2.28.